The lowest BCUT2D eigenvalue weighted by Gasteiger charge is -2.07. The molecule has 0 aliphatic carbocycles. The van der Waals surface area contributed by atoms with E-state index in [1.54, 1.807) is 6.07 Å². The molecule has 0 spiro atoms. The van der Waals surface area contributed by atoms with Crippen LogP contribution in [-0.2, 0) is 0 Å². The molecule has 1 aromatic carbocycles. The summed E-state index contributed by atoms with van der Waals surface area (Å²) in [5, 5.41) is 2.34. The van der Waals surface area contributed by atoms with Crippen molar-refractivity contribution in [1.29, 1.82) is 0 Å². The van der Waals surface area contributed by atoms with Crippen molar-refractivity contribution in [2.45, 2.75) is 0 Å². The van der Waals surface area contributed by atoms with Gasteiger partial charge in [-0.05, 0) is 24.3 Å². The standard InChI is InChI=1S/C12H7ClF2N2O/c13-11-9(5-2-6-16-11)17-12(18)10-7(14)3-1-4-8(10)15/h1-6H,(H,17,18). The molecule has 3 nitrogen and oxygen atoms in total. The maximum absolute atomic E-state index is 13.4. The van der Waals surface area contributed by atoms with E-state index in [0.717, 1.165) is 12.1 Å². The van der Waals surface area contributed by atoms with Crippen molar-refractivity contribution in [3.05, 3.63) is 58.9 Å². The smallest absolute Gasteiger partial charge is 0.261 e. The highest BCUT2D eigenvalue weighted by atomic mass is 35.5. The summed E-state index contributed by atoms with van der Waals surface area (Å²) in [4.78, 5) is 15.5. The van der Waals surface area contributed by atoms with E-state index in [2.05, 4.69) is 10.3 Å². The number of carbonyl (C=O) groups is 1. The largest absolute Gasteiger partial charge is 0.319 e. The predicted molar refractivity (Wildman–Crippen MR) is 63.6 cm³/mol. The van der Waals surface area contributed by atoms with E-state index in [4.69, 9.17) is 11.6 Å². The third-order valence-corrected chi connectivity index (χ3v) is 2.50. The molecule has 1 aromatic heterocycles. The molecule has 0 bridgehead atoms. The summed E-state index contributed by atoms with van der Waals surface area (Å²) >= 11 is 5.72. The number of benzene rings is 1. The first-order chi connectivity index (χ1) is 8.59. The van der Waals surface area contributed by atoms with Crippen LogP contribution in [0.1, 0.15) is 10.4 Å². The molecule has 1 heterocycles. The Hall–Kier alpha value is -2.01. The zero-order valence-corrected chi connectivity index (χ0v) is 9.71. The number of amides is 1. The maximum atomic E-state index is 13.4. The van der Waals surface area contributed by atoms with Crippen LogP contribution >= 0.6 is 11.6 Å². The minimum atomic E-state index is -0.937. The van der Waals surface area contributed by atoms with Crippen LogP contribution in [-0.4, -0.2) is 10.9 Å². The molecular formula is C12H7ClF2N2O. The van der Waals surface area contributed by atoms with Crippen molar-refractivity contribution in [2.75, 3.05) is 5.32 Å². The minimum absolute atomic E-state index is 0.0441. The Morgan fingerprint density at radius 2 is 1.83 bits per heavy atom. The van der Waals surface area contributed by atoms with E-state index in [1.807, 2.05) is 0 Å². The van der Waals surface area contributed by atoms with Crippen molar-refractivity contribution in [2.24, 2.45) is 0 Å². The van der Waals surface area contributed by atoms with Crippen molar-refractivity contribution in [3.8, 4) is 0 Å². The average molecular weight is 269 g/mol. The summed E-state index contributed by atoms with van der Waals surface area (Å²) in [7, 11) is 0. The monoisotopic (exact) mass is 268 g/mol. The summed E-state index contributed by atoms with van der Waals surface area (Å²) in [6.45, 7) is 0. The van der Waals surface area contributed by atoms with Gasteiger partial charge in [0.05, 0.1) is 5.69 Å². The van der Waals surface area contributed by atoms with Crippen LogP contribution in [0.5, 0.6) is 0 Å². The third kappa shape index (κ3) is 2.46. The van der Waals surface area contributed by atoms with Gasteiger partial charge >= 0.3 is 0 Å². The van der Waals surface area contributed by atoms with Crippen molar-refractivity contribution >= 4 is 23.2 Å². The Balaban J connectivity index is 2.31. The molecule has 0 aliphatic rings. The number of halogens is 3. The predicted octanol–water partition coefficient (Wildman–Crippen LogP) is 3.27. The number of aromatic nitrogens is 1. The number of anilines is 1. The highest BCUT2D eigenvalue weighted by Gasteiger charge is 2.17. The molecule has 2 rings (SSSR count). The maximum Gasteiger partial charge on any atom is 0.261 e. The fourth-order valence-electron chi connectivity index (χ4n) is 1.38. The van der Waals surface area contributed by atoms with E-state index in [9.17, 15) is 13.6 Å². The van der Waals surface area contributed by atoms with Crippen LogP contribution in [0, 0.1) is 11.6 Å². The topological polar surface area (TPSA) is 42.0 Å². The molecule has 0 radical (unpaired) electrons. The van der Waals surface area contributed by atoms with Gasteiger partial charge in [-0.15, -0.1) is 0 Å². The molecule has 0 saturated carbocycles. The fourth-order valence-corrected chi connectivity index (χ4v) is 1.55. The number of hydrogen-bond donors (Lipinski definition) is 1. The summed E-state index contributed by atoms with van der Waals surface area (Å²) in [6.07, 6.45) is 1.43. The van der Waals surface area contributed by atoms with Gasteiger partial charge < -0.3 is 5.32 Å². The number of nitrogens with one attached hydrogen (secondary N) is 1. The fraction of sp³-hybridized carbons (Fsp3) is 0. The van der Waals surface area contributed by atoms with Crippen molar-refractivity contribution < 1.29 is 13.6 Å². The molecule has 6 heteroatoms. The van der Waals surface area contributed by atoms with Crippen LogP contribution in [0.15, 0.2) is 36.5 Å². The highest BCUT2D eigenvalue weighted by Crippen LogP contribution is 2.20. The molecule has 92 valence electrons. The Kier molecular flexibility index (Phi) is 3.53. The second-order valence-corrected chi connectivity index (χ2v) is 3.75. The minimum Gasteiger partial charge on any atom is -0.319 e. The molecule has 0 aliphatic heterocycles. The summed E-state index contributed by atoms with van der Waals surface area (Å²) in [5.41, 5.74) is -0.468. The van der Waals surface area contributed by atoms with Crippen molar-refractivity contribution in [3.63, 3.8) is 0 Å². The van der Waals surface area contributed by atoms with Gasteiger partial charge in [0.25, 0.3) is 5.91 Å². The van der Waals surface area contributed by atoms with E-state index in [-0.39, 0.29) is 10.8 Å². The van der Waals surface area contributed by atoms with Crippen LogP contribution in [0.2, 0.25) is 5.15 Å². The molecule has 2 aromatic rings. The van der Waals surface area contributed by atoms with E-state index in [0.29, 0.717) is 0 Å². The summed E-state index contributed by atoms with van der Waals surface area (Å²) in [5.74, 6) is -2.79. The second-order valence-electron chi connectivity index (χ2n) is 3.39. The van der Waals surface area contributed by atoms with Crippen molar-refractivity contribution in [1.82, 2.24) is 4.98 Å². The first-order valence-corrected chi connectivity index (χ1v) is 5.33. The van der Waals surface area contributed by atoms with Gasteiger partial charge in [-0.3, -0.25) is 4.79 Å². The molecular weight excluding hydrogens is 262 g/mol. The third-order valence-electron chi connectivity index (χ3n) is 2.20. The lowest BCUT2D eigenvalue weighted by atomic mass is 10.2. The number of nitrogens with zero attached hydrogens (tertiary/aromatic N) is 1. The van der Waals surface area contributed by atoms with Gasteiger partial charge in [0.15, 0.2) is 5.15 Å². The molecule has 1 N–H and O–H groups in total. The number of pyridine rings is 1. The first kappa shape index (κ1) is 12.4. The van der Waals surface area contributed by atoms with Crippen LogP contribution in [0.3, 0.4) is 0 Å². The Morgan fingerprint density at radius 3 is 2.44 bits per heavy atom. The number of rotatable bonds is 2. The Bertz CT molecular complexity index is 584. The lowest BCUT2D eigenvalue weighted by molar-refractivity contribution is 0.101. The molecule has 0 unspecified atom stereocenters. The van der Waals surface area contributed by atoms with Gasteiger partial charge in [0, 0.05) is 6.20 Å². The van der Waals surface area contributed by atoms with Gasteiger partial charge in [0.1, 0.15) is 17.2 Å². The van der Waals surface area contributed by atoms with E-state index < -0.39 is 23.1 Å². The highest BCUT2D eigenvalue weighted by molar-refractivity contribution is 6.32. The normalized spacial score (nSPS) is 10.2. The first-order valence-electron chi connectivity index (χ1n) is 4.95. The Labute approximate surface area is 106 Å². The lowest BCUT2D eigenvalue weighted by Crippen LogP contribution is -2.16. The van der Waals surface area contributed by atoms with Gasteiger partial charge in [-0.2, -0.15) is 0 Å². The van der Waals surface area contributed by atoms with E-state index in [1.165, 1.54) is 18.3 Å². The quantitative estimate of drug-likeness (QED) is 0.850. The molecule has 1 amide bonds. The van der Waals surface area contributed by atoms with Crippen LogP contribution in [0.4, 0.5) is 14.5 Å². The molecule has 0 fully saturated rings. The molecule has 0 saturated heterocycles. The zero-order valence-electron chi connectivity index (χ0n) is 8.95. The Morgan fingerprint density at radius 1 is 1.17 bits per heavy atom. The second kappa shape index (κ2) is 5.10. The van der Waals surface area contributed by atoms with E-state index >= 15 is 0 Å². The molecule has 18 heavy (non-hydrogen) atoms. The van der Waals surface area contributed by atoms with Gasteiger partial charge in [0.2, 0.25) is 0 Å². The summed E-state index contributed by atoms with van der Waals surface area (Å²) < 4.78 is 26.7. The van der Waals surface area contributed by atoms with Gasteiger partial charge in [-0.25, -0.2) is 13.8 Å². The molecule has 0 atom stereocenters. The number of hydrogen-bond acceptors (Lipinski definition) is 2. The summed E-state index contributed by atoms with van der Waals surface area (Å²) in [6, 6.07) is 6.20. The SMILES string of the molecule is O=C(Nc1cccnc1Cl)c1c(F)cccc1F. The van der Waals surface area contributed by atoms with Crippen LogP contribution < -0.4 is 5.32 Å². The number of carbonyl (C=O) groups excluding carboxylic acids is 1. The zero-order chi connectivity index (χ0) is 13.1. The van der Waals surface area contributed by atoms with Gasteiger partial charge in [-0.1, -0.05) is 17.7 Å². The average Bonchev–Trinajstić information content (AvgIpc) is 2.32. The van der Waals surface area contributed by atoms with Crippen LogP contribution in [0.25, 0.3) is 0 Å².